The van der Waals surface area contributed by atoms with Crippen LogP contribution in [-0.2, 0) is 25.0 Å². The second-order valence-corrected chi connectivity index (χ2v) is 9.83. The second-order valence-electron chi connectivity index (χ2n) is 9.83. The monoisotopic (exact) mass is 486 g/mol. The van der Waals surface area contributed by atoms with E-state index in [2.05, 4.69) is 5.32 Å². The Morgan fingerprint density at radius 3 is 2.17 bits per heavy atom. The van der Waals surface area contributed by atoms with Gasteiger partial charge in [0.05, 0.1) is 24.1 Å². The topological polar surface area (TPSA) is 120 Å². The Labute approximate surface area is 209 Å². The average molecular weight is 487 g/mol. The summed E-state index contributed by atoms with van der Waals surface area (Å²) in [6, 6.07) is 20.7. The van der Waals surface area contributed by atoms with Gasteiger partial charge in [-0.05, 0) is 35.2 Å². The standard InChI is InChI=1S/C28H30N4O4/c1-28(2,3)21-14-19(13-20(25(21)34)15-30-27(35)36)24(33)17-32-23-12-8-7-11-22(23)31(26(32)29)16-18-9-5-4-6-10-18/h4-14,29-30,34H,15-17H2,1-3H3,(H,35,36). The van der Waals surface area contributed by atoms with Crippen molar-refractivity contribution in [1.82, 2.24) is 14.5 Å². The summed E-state index contributed by atoms with van der Waals surface area (Å²) in [5.41, 5.74) is 3.64. The number of hydrogen-bond acceptors (Lipinski definition) is 4. The van der Waals surface area contributed by atoms with E-state index in [1.165, 1.54) is 6.07 Å². The largest absolute Gasteiger partial charge is 0.507 e. The molecule has 3 aromatic carbocycles. The molecule has 0 bridgehead atoms. The number of ketones is 1. The van der Waals surface area contributed by atoms with Crippen molar-refractivity contribution in [2.75, 3.05) is 0 Å². The number of carboxylic acid groups (broad SMARTS) is 1. The smallest absolute Gasteiger partial charge is 0.404 e. The molecule has 0 aliphatic carbocycles. The lowest BCUT2D eigenvalue weighted by Gasteiger charge is -2.23. The average Bonchev–Trinajstić information content (AvgIpc) is 3.09. The highest BCUT2D eigenvalue weighted by Gasteiger charge is 2.24. The molecule has 0 radical (unpaired) electrons. The zero-order valence-corrected chi connectivity index (χ0v) is 20.6. The number of aromatic hydroxyl groups is 1. The van der Waals surface area contributed by atoms with Gasteiger partial charge in [0.15, 0.2) is 5.78 Å². The van der Waals surface area contributed by atoms with Crippen LogP contribution in [-0.4, -0.2) is 31.2 Å². The number of nitrogens with one attached hydrogen (secondary N) is 2. The van der Waals surface area contributed by atoms with E-state index in [4.69, 9.17) is 10.5 Å². The third-order valence-electron chi connectivity index (χ3n) is 6.21. The number of imidazole rings is 1. The molecule has 0 atom stereocenters. The highest BCUT2D eigenvalue weighted by atomic mass is 16.4. The van der Waals surface area contributed by atoms with Crippen LogP contribution < -0.4 is 10.9 Å². The molecule has 8 heteroatoms. The van der Waals surface area contributed by atoms with Gasteiger partial charge in [-0.25, -0.2) is 4.79 Å². The van der Waals surface area contributed by atoms with Gasteiger partial charge >= 0.3 is 6.09 Å². The number of hydrogen-bond donors (Lipinski definition) is 4. The lowest BCUT2D eigenvalue weighted by atomic mass is 9.83. The Hall–Kier alpha value is -4.33. The van der Waals surface area contributed by atoms with Gasteiger partial charge in [-0.3, -0.25) is 10.2 Å². The number of carbonyl (C=O) groups is 2. The first kappa shape index (κ1) is 24.8. The third-order valence-corrected chi connectivity index (χ3v) is 6.21. The summed E-state index contributed by atoms with van der Waals surface area (Å²) in [7, 11) is 0. The van der Waals surface area contributed by atoms with Crippen molar-refractivity contribution in [3.63, 3.8) is 0 Å². The van der Waals surface area contributed by atoms with E-state index in [0.717, 1.165) is 16.6 Å². The van der Waals surface area contributed by atoms with Crippen LogP contribution in [0.4, 0.5) is 4.79 Å². The molecule has 0 fully saturated rings. The molecule has 186 valence electrons. The Balaban J connectivity index is 1.75. The summed E-state index contributed by atoms with van der Waals surface area (Å²) in [6.45, 7) is 6.05. The van der Waals surface area contributed by atoms with Crippen LogP contribution in [0.5, 0.6) is 5.75 Å². The second kappa shape index (κ2) is 9.73. The van der Waals surface area contributed by atoms with E-state index in [1.54, 1.807) is 10.6 Å². The lowest BCUT2D eigenvalue weighted by Crippen LogP contribution is -2.28. The normalized spacial score (nSPS) is 11.5. The molecule has 1 aromatic heterocycles. The minimum Gasteiger partial charge on any atom is -0.507 e. The van der Waals surface area contributed by atoms with Crippen LogP contribution in [0, 0.1) is 5.41 Å². The van der Waals surface area contributed by atoms with E-state index in [1.807, 2.05) is 79.9 Å². The zero-order chi connectivity index (χ0) is 26.0. The highest BCUT2D eigenvalue weighted by molar-refractivity contribution is 5.97. The number of rotatable bonds is 7. The molecule has 0 unspecified atom stereocenters. The fourth-order valence-electron chi connectivity index (χ4n) is 4.35. The van der Waals surface area contributed by atoms with Crippen molar-refractivity contribution >= 4 is 22.9 Å². The molecule has 0 aliphatic heterocycles. The van der Waals surface area contributed by atoms with Crippen LogP contribution >= 0.6 is 0 Å². The van der Waals surface area contributed by atoms with Crippen LogP contribution in [0.1, 0.15) is 47.8 Å². The van der Waals surface area contributed by atoms with Crippen LogP contribution in [0.15, 0.2) is 66.7 Å². The van der Waals surface area contributed by atoms with Gasteiger partial charge in [-0.2, -0.15) is 0 Å². The van der Waals surface area contributed by atoms with Gasteiger partial charge in [-0.15, -0.1) is 0 Å². The molecule has 0 saturated carbocycles. The summed E-state index contributed by atoms with van der Waals surface area (Å²) >= 11 is 0. The molecule has 0 aliphatic rings. The van der Waals surface area contributed by atoms with Crippen molar-refractivity contribution < 1.29 is 19.8 Å². The number of aromatic nitrogens is 2. The molecule has 4 N–H and O–H groups in total. The number of nitrogens with zero attached hydrogens (tertiary/aromatic N) is 2. The van der Waals surface area contributed by atoms with Crippen LogP contribution in [0.3, 0.4) is 0 Å². The summed E-state index contributed by atoms with van der Waals surface area (Å²) in [4.78, 5) is 24.6. The zero-order valence-electron chi connectivity index (χ0n) is 20.6. The van der Waals surface area contributed by atoms with Crippen LogP contribution in [0.25, 0.3) is 11.0 Å². The number of benzene rings is 3. The van der Waals surface area contributed by atoms with Gasteiger partial charge in [0.1, 0.15) is 5.75 Å². The first-order valence-electron chi connectivity index (χ1n) is 11.7. The van der Waals surface area contributed by atoms with Gasteiger partial charge in [0.25, 0.3) is 0 Å². The van der Waals surface area contributed by atoms with E-state index in [0.29, 0.717) is 23.2 Å². The Morgan fingerprint density at radius 1 is 0.944 bits per heavy atom. The molecule has 0 spiro atoms. The first-order chi connectivity index (χ1) is 17.1. The SMILES string of the molecule is CC(C)(C)c1cc(C(=O)Cn2c(=N)n(Cc3ccccc3)c3ccccc32)cc(CNC(=O)O)c1O. The molecule has 4 aromatic rings. The molecule has 4 rings (SSSR count). The number of phenols is 1. The van der Waals surface area contributed by atoms with Crippen molar-refractivity contribution in [2.24, 2.45) is 0 Å². The van der Waals surface area contributed by atoms with Gasteiger partial charge in [0.2, 0.25) is 5.62 Å². The van der Waals surface area contributed by atoms with Gasteiger partial charge < -0.3 is 24.7 Å². The Kier molecular flexibility index (Phi) is 6.70. The lowest BCUT2D eigenvalue weighted by molar-refractivity contribution is 0.0971. The first-order valence-corrected chi connectivity index (χ1v) is 11.7. The highest BCUT2D eigenvalue weighted by Crippen LogP contribution is 2.35. The maximum atomic E-state index is 13.5. The number of phenolic OH excluding ortho intramolecular Hbond substituents is 1. The summed E-state index contributed by atoms with van der Waals surface area (Å²) in [6.07, 6.45) is -1.22. The van der Waals surface area contributed by atoms with E-state index in [9.17, 15) is 14.7 Å². The molecule has 1 amide bonds. The van der Waals surface area contributed by atoms with Gasteiger partial charge in [0, 0.05) is 23.2 Å². The quantitative estimate of drug-likeness (QED) is 0.285. The van der Waals surface area contributed by atoms with Crippen molar-refractivity contribution in [1.29, 1.82) is 5.41 Å². The predicted molar refractivity (Wildman–Crippen MR) is 137 cm³/mol. The van der Waals surface area contributed by atoms with E-state index in [-0.39, 0.29) is 30.2 Å². The molecule has 0 saturated heterocycles. The molecular formula is C28H30N4O4. The maximum absolute atomic E-state index is 13.5. The Bertz CT molecular complexity index is 1490. The predicted octanol–water partition coefficient (Wildman–Crippen LogP) is 4.62. The fraction of sp³-hybridized carbons (Fsp3) is 0.250. The van der Waals surface area contributed by atoms with E-state index >= 15 is 0 Å². The Morgan fingerprint density at radius 2 is 1.56 bits per heavy atom. The number of carbonyl (C=O) groups excluding carboxylic acids is 1. The van der Waals surface area contributed by atoms with Crippen molar-refractivity contribution in [3.05, 3.63) is 94.6 Å². The molecular weight excluding hydrogens is 456 g/mol. The fourth-order valence-corrected chi connectivity index (χ4v) is 4.35. The van der Waals surface area contributed by atoms with Crippen molar-refractivity contribution in [3.8, 4) is 5.75 Å². The summed E-state index contributed by atoms with van der Waals surface area (Å²) in [5, 5.41) is 30.9. The maximum Gasteiger partial charge on any atom is 0.404 e. The van der Waals surface area contributed by atoms with Gasteiger partial charge in [-0.1, -0.05) is 63.2 Å². The minimum absolute atomic E-state index is 0.0268. The van der Waals surface area contributed by atoms with E-state index < -0.39 is 11.5 Å². The number of fused-ring (bicyclic) bond motifs is 1. The number of para-hydroxylation sites is 2. The van der Waals surface area contributed by atoms with Crippen LogP contribution in [0.2, 0.25) is 0 Å². The minimum atomic E-state index is -1.22. The number of amides is 1. The molecule has 8 nitrogen and oxygen atoms in total. The summed E-state index contributed by atoms with van der Waals surface area (Å²) in [5.74, 6) is -0.265. The third kappa shape index (κ3) is 5.02. The number of Topliss-reactive ketones (excluding diaryl/α,β-unsaturated/α-hetero) is 1. The van der Waals surface area contributed by atoms with Crippen molar-refractivity contribution in [2.45, 2.75) is 45.8 Å². The molecule has 36 heavy (non-hydrogen) atoms. The summed E-state index contributed by atoms with van der Waals surface area (Å²) < 4.78 is 3.55. The molecule has 1 heterocycles.